The number of rotatable bonds is 10. The summed E-state index contributed by atoms with van der Waals surface area (Å²) >= 11 is 0. The third kappa shape index (κ3) is 9.99. The van der Waals surface area contributed by atoms with Gasteiger partial charge in [0.05, 0.1) is 12.2 Å². The zero-order chi connectivity index (χ0) is 21.5. The number of ether oxygens (including phenoxy) is 1. The van der Waals surface area contributed by atoms with Gasteiger partial charge in [0.1, 0.15) is 5.75 Å². The second-order valence-electron chi connectivity index (χ2n) is 7.30. The minimum absolute atomic E-state index is 0.272. The third-order valence-electron chi connectivity index (χ3n) is 5.15. The summed E-state index contributed by atoms with van der Waals surface area (Å²) in [6.45, 7) is 2.61. The molecule has 3 nitrogen and oxygen atoms in total. The lowest BCUT2D eigenvalue weighted by Gasteiger charge is -2.14. The number of hydrogen-bond donors (Lipinski definition) is 2. The molecule has 1 fully saturated rings. The molecule has 6 heteroatoms. The first-order valence-corrected chi connectivity index (χ1v) is 10.3. The van der Waals surface area contributed by atoms with E-state index in [1.807, 2.05) is 0 Å². The topological polar surface area (TPSA) is 49.7 Å². The molecule has 1 aliphatic rings. The van der Waals surface area contributed by atoms with Gasteiger partial charge in [-0.3, -0.25) is 10.5 Å². The zero-order valence-corrected chi connectivity index (χ0v) is 17.1. The first-order valence-electron chi connectivity index (χ1n) is 10.3. The van der Waals surface area contributed by atoms with Gasteiger partial charge < -0.3 is 4.74 Å². The number of hydrogen-bond acceptors (Lipinski definition) is 3. The second-order valence-corrected chi connectivity index (χ2v) is 7.30. The third-order valence-corrected chi connectivity index (χ3v) is 5.15. The molecule has 0 spiro atoms. The molecule has 2 atom stereocenters. The number of halogens is 3. The number of benzene rings is 1. The summed E-state index contributed by atoms with van der Waals surface area (Å²) < 4.78 is 43.6. The minimum Gasteiger partial charge on any atom is -0.493 e. The van der Waals surface area contributed by atoms with Crippen molar-refractivity contribution in [3.8, 4) is 5.75 Å². The molecule has 2 N–H and O–H groups in total. The van der Waals surface area contributed by atoms with E-state index in [4.69, 9.17) is 15.3 Å². The van der Waals surface area contributed by atoms with Gasteiger partial charge in [-0.15, -0.1) is 0 Å². The van der Waals surface area contributed by atoms with Crippen LogP contribution in [0, 0.1) is 11.8 Å². The van der Waals surface area contributed by atoms with E-state index in [9.17, 15) is 13.2 Å². The molecule has 1 aromatic carbocycles. The molecule has 0 radical (unpaired) electrons. The quantitative estimate of drug-likeness (QED) is 0.179. The number of allylic oxidation sites excluding steroid dienone is 3. The Kier molecular flexibility index (Phi) is 12.4. The van der Waals surface area contributed by atoms with E-state index in [1.54, 1.807) is 6.07 Å². The van der Waals surface area contributed by atoms with Gasteiger partial charge in [-0.25, -0.2) is 0 Å². The molecule has 0 saturated heterocycles. The molecule has 0 aromatic heterocycles. The summed E-state index contributed by atoms with van der Waals surface area (Å²) in [6, 6.07) is 5.06. The van der Waals surface area contributed by atoms with E-state index in [2.05, 4.69) is 31.2 Å². The van der Waals surface area contributed by atoms with E-state index >= 15 is 0 Å². The smallest absolute Gasteiger partial charge is 0.416 e. The van der Waals surface area contributed by atoms with Gasteiger partial charge in [-0.1, -0.05) is 56.6 Å². The van der Waals surface area contributed by atoms with Crippen molar-refractivity contribution in [2.45, 2.75) is 64.5 Å². The van der Waals surface area contributed by atoms with Crippen LogP contribution in [0.5, 0.6) is 5.75 Å². The van der Waals surface area contributed by atoms with Crippen LogP contribution in [0.1, 0.15) is 63.9 Å². The van der Waals surface area contributed by atoms with Crippen molar-refractivity contribution in [3.05, 3.63) is 54.1 Å². The SMILES string of the molecule is CCCC/C=C\C[C@H]1CCCC1/C=C/CCOc1cccc(C(F)(F)F)c1.OO. The summed E-state index contributed by atoms with van der Waals surface area (Å²) in [6.07, 6.45) is 14.1. The minimum atomic E-state index is -4.33. The van der Waals surface area contributed by atoms with Gasteiger partial charge in [0.25, 0.3) is 0 Å². The maximum atomic E-state index is 12.7. The summed E-state index contributed by atoms with van der Waals surface area (Å²) in [7, 11) is 0. The van der Waals surface area contributed by atoms with Gasteiger partial charge in [-0.05, 0) is 62.1 Å². The molecular weight excluding hydrogens is 381 g/mol. The Bertz CT molecular complexity index is 612. The predicted octanol–water partition coefficient (Wildman–Crippen LogP) is 7.60. The van der Waals surface area contributed by atoms with Crippen molar-refractivity contribution < 1.29 is 28.4 Å². The van der Waals surface area contributed by atoms with Crippen molar-refractivity contribution in [1.29, 1.82) is 0 Å². The van der Waals surface area contributed by atoms with Crippen LogP contribution in [-0.2, 0) is 6.18 Å². The largest absolute Gasteiger partial charge is 0.493 e. The van der Waals surface area contributed by atoms with Crippen LogP contribution in [0.3, 0.4) is 0 Å². The van der Waals surface area contributed by atoms with Crippen molar-refractivity contribution in [2.75, 3.05) is 6.61 Å². The molecule has 0 aliphatic heterocycles. The van der Waals surface area contributed by atoms with E-state index in [0.717, 1.165) is 24.5 Å². The Morgan fingerprint density at radius 2 is 1.90 bits per heavy atom. The molecule has 2 rings (SSSR count). The highest BCUT2D eigenvalue weighted by atomic mass is 19.4. The molecule has 1 aromatic rings. The normalized spacial score (nSPS) is 19.5. The molecule has 1 saturated carbocycles. The van der Waals surface area contributed by atoms with E-state index in [1.165, 1.54) is 44.6 Å². The van der Waals surface area contributed by atoms with Gasteiger partial charge in [0.2, 0.25) is 0 Å². The van der Waals surface area contributed by atoms with Crippen LogP contribution >= 0.6 is 0 Å². The highest BCUT2D eigenvalue weighted by molar-refractivity contribution is 5.30. The Hall–Kier alpha value is -1.79. The van der Waals surface area contributed by atoms with Crippen LogP contribution in [0.4, 0.5) is 13.2 Å². The van der Waals surface area contributed by atoms with Crippen molar-refractivity contribution in [1.82, 2.24) is 0 Å². The van der Waals surface area contributed by atoms with Crippen molar-refractivity contribution >= 4 is 0 Å². The molecule has 1 aliphatic carbocycles. The predicted molar refractivity (Wildman–Crippen MR) is 110 cm³/mol. The number of alkyl halides is 3. The molecule has 1 unspecified atom stereocenters. The van der Waals surface area contributed by atoms with Gasteiger partial charge in [0.15, 0.2) is 0 Å². The monoisotopic (exact) mass is 414 g/mol. The average Bonchev–Trinajstić information content (AvgIpc) is 3.16. The number of unbranched alkanes of at least 4 members (excludes halogenated alkanes) is 2. The van der Waals surface area contributed by atoms with E-state index in [-0.39, 0.29) is 5.75 Å². The Morgan fingerprint density at radius 3 is 2.62 bits per heavy atom. The van der Waals surface area contributed by atoms with Gasteiger partial charge in [0, 0.05) is 0 Å². The average molecular weight is 415 g/mol. The fraction of sp³-hybridized carbons (Fsp3) is 0.565. The standard InChI is InChI=1S/C23H31F3O.H2O2/c1-2-3-4-5-6-11-19-13-9-14-20(19)12-7-8-17-27-22-16-10-15-21(18-22)23(24,25)26;1-2/h5-7,10,12,15-16,18-20H,2-4,8-9,11,13-14,17H2,1H3;1-2H/b6-5-,12-7+;/t19-,20?;/m0./s1. The molecule has 0 amide bonds. The summed E-state index contributed by atoms with van der Waals surface area (Å²) in [5.74, 6) is 1.62. The van der Waals surface area contributed by atoms with E-state index in [0.29, 0.717) is 18.9 Å². The first-order chi connectivity index (χ1) is 14.0. The van der Waals surface area contributed by atoms with Crippen LogP contribution in [-0.4, -0.2) is 17.1 Å². The lowest BCUT2D eigenvalue weighted by Crippen LogP contribution is -2.05. The molecular formula is C23H33F3O3. The Balaban J connectivity index is 0.00000204. The lowest BCUT2D eigenvalue weighted by molar-refractivity contribution is -0.176. The molecule has 164 valence electrons. The summed E-state index contributed by atoms with van der Waals surface area (Å²) in [5, 5.41) is 12.0. The molecule has 0 heterocycles. The van der Waals surface area contributed by atoms with Crippen LogP contribution in [0.2, 0.25) is 0 Å². The maximum absolute atomic E-state index is 12.7. The highest BCUT2D eigenvalue weighted by Gasteiger charge is 2.30. The first kappa shape index (κ1) is 25.2. The molecule has 0 bridgehead atoms. The van der Waals surface area contributed by atoms with Crippen LogP contribution in [0.25, 0.3) is 0 Å². The molecule has 29 heavy (non-hydrogen) atoms. The van der Waals surface area contributed by atoms with Gasteiger partial charge >= 0.3 is 6.18 Å². The fourth-order valence-corrected chi connectivity index (χ4v) is 3.60. The van der Waals surface area contributed by atoms with Crippen molar-refractivity contribution in [3.63, 3.8) is 0 Å². The Morgan fingerprint density at radius 1 is 1.10 bits per heavy atom. The maximum Gasteiger partial charge on any atom is 0.416 e. The Labute approximate surface area is 171 Å². The van der Waals surface area contributed by atoms with Crippen molar-refractivity contribution in [2.24, 2.45) is 11.8 Å². The zero-order valence-electron chi connectivity index (χ0n) is 17.1. The summed E-state index contributed by atoms with van der Waals surface area (Å²) in [4.78, 5) is 0. The lowest BCUT2D eigenvalue weighted by atomic mass is 9.92. The van der Waals surface area contributed by atoms with E-state index < -0.39 is 11.7 Å². The van der Waals surface area contributed by atoms with Crippen LogP contribution < -0.4 is 4.74 Å². The van der Waals surface area contributed by atoms with Gasteiger partial charge in [-0.2, -0.15) is 13.2 Å². The summed E-state index contributed by atoms with van der Waals surface area (Å²) in [5.41, 5.74) is -0.670. The van der Waals surface area contributed by atoms with Crippen LogP contribution in [0.15, 0.2) is 48.6 Å². The second kappa shape index (κ2) is 14.2. The fourth-order valence-electron chi connectivity index (χ4n) is 3.60. The highest BCUT2D eigenvalue weighted by Crippen LogP contribution is 2.35.